The molecule has 1 aromatic rings. The van der Waals surface area contributed by atoms with E-state index < -0.39 is 0 Å². The smallest absolute Gasteiger partial charge is 0.191 e. The first-order valence-corrected chi connectivity index (χ1v) is 12.5. The lowest BCUT2D eigenvalue weighted by atomic mass is 9.73. The van der Waals surface area contributed by atoms with Crippen molar-refractivity contribution in [1.29, 1.82) is 0 Å². The van der Waals surface area contributed by atoms with Crippen molar-refractivity contribution in [1.82, 2.24) is 20.4 Å². The van der Waals surface area contributed by atoms with Gasteiger partial charge in [0, 0.05) is 63.2 Å². The van der Waals surface area contributed by atoms with Gasteiger partial charge in [0.05, 0.1) is 0 Å². The Hall–Kier alpha value is -1.11. The molecule has 1 atom stereocenters. The van der Waals surface area contributed by atoms with Crippen LogP contribution in [-0.4, -0.2) is 75.2 Å². The monoisotopic (exact) mass is 419 g/mol. The first kappa shape index (κ1) is 22.6. The van der Waals surface area contributed by atoms with Gasteiger partial charge in [-0.3, -0.25) is 4.99 Å². The molecule has 0 radical (unpaired) electrons. The number of thiophene rings is 1. The summed E-state index contributed by atoms with van der Waals surface area (Å²) < 4.78 is 0. The lowest BCUT2D eigenvalue weighted by Crippen LogP contribution is -2.49. The molecule has 2 heterocycles. The Bertz CT molecular complexity index is 601. The highest BCUT2D eigenvalue weighted by atomic mass is 32.1. The normalized spacial score (nSPS) is 22.4. The number of aliphatic imine (C=N–C) groups is 1. The van der Waals surface area contributed by atoms with Crippen molar-refractivity contribution in [3.63, 3.8) is 0 Å². The van der Waals surface area contributed by atoms with Crippen LogP contribution in [0.1, 0.15) is 50.8 Å². The molecule has 5 nitrogen and oxygen atoms in total. The number of piperazine rings is 1. The van der Waals surface area contributed by atoms with Crippen molar-refractivity contribution in [3.8, 4) is 0 Å². The van der Waals surface area contributed by atoms with Crippen LogP contribution in [-0.2, 0) is 5.41 Å². The molecule has 1 unspecified atom stereocenters. The summed E-state index contributed by atoms with van der Waals surface area (Å²) in [6, 6.07) is 4.53. The van der Waals surface area contributed by atoms with Crippen molar-refractivity contribution in [2.24, 2.45) is 10.9 Å². The number of hydrogen-bond donors (Lipinski definition) is 2. The molecule has 1 saturated carbocycles. The summed E-state index contributed by atoms with van der Waals surface area (Å²) >= 11 is 1.92. The van der Waals surface area contributed by atoms with Crippen molar-refractivity contribution in [2.75, 3.05) is 59.4 Å². The molecule has 1 saturated heterocycles. The Morgan fingerprint density at radius 1 is 1.14 bits per heavy atom. The maximum atomic E-state index is 4.50. The summed E-state index contributed by atoms with van der Waals surface area (Å²) in [5.74, 6) is 1.57. The first-order chi connectivity index (χ1) is 14.1. The van der Waals surface area contributed by atoms with E-state index >= 15 is 0 Å². The molecular formula is C23H41N5S. The van der Waals surface area contributed by atoms with Gasteiger partial charge in [0.2, 0.25) is 0 Å². The maximum Gasteiger partial charge on any atom is 0.191 e. The molecule has 164 valence electrons. The Morgan fingerprint density at radius 2 is 1.86 bits per heavy atom. The summed E-state index contributed by atoms with van der Waals surface area (Å²) in [4.78, 5) is 11.2. The third-order valence-electron chi connectivity index (χ3n) is 6.77. The summed E-state index contributed by atoms with van der Waals surface area (Å²) in [6.07, 6.45) is 6.64. The second-order valence-corrected chi connectivity index (χ2v) is 9.91. The Kier molecular flexibility index (Phi) is 8.82. The second kappa shape index (κ2) is 11.3. The van der Waals surface area contributed by atoms with E-state index in [1.807, 2.05) is 18.4 Å². The fraction of sp³-hybridized carbons (Fsp3) is 0.783. The summed E-state index contributed by atoms with van der Waals surface area (Å²) in [5, 5.41) is 9.47. The van der Waals surface area contributed by atoms with Gasteiger partial charge in [-0.05, 0) is 36.8 Å². The van der Waals surface area contributed by atoms with Gasteiger partial charge >= 0.3 is 0 Å². The molecule has 1 aliphatic heterocycles. The fourth-order valence-electron chi connectivity index (χ4n) is 4.86. The van der Waals surface area contributed by atoms with Crippen LogP contribution < -0.4 is 10.6 Å². The molecule has 2 N–H and O–H groups in total. The number of hydrogen-bond acceptors (Lipinski definition) is 4. The Labute approximate surface area is 182 Å². The van der Waals surface area contributed by atoms with Gasteiger partial charge in [0.25, 0.3) is 0 Å². The zero-order valence-electron chi connectivity index (χ0n) is 18.8. The summed E-state index contributed by atoms with van der Waals surface area (Å²) in [7, 11) is 1.89. The van der Waals surface area contributed by atoms with Crippen molar-refractivity contribution >= 4 is 17.3 Å². The summed E-state index contributed by atoms with van der Waals surface area (Å²) in [5.41, 5.74) is 0.286. The van der Waals surface area contributed by atoms with Crippen molar-refractivity contribution < 1.29 is 0 Å². The van der Waals surface area contributed by atoms with Crippen LogP contribution in [0.3, 0.4) is 0 Å². The van der Waals surface area contributed by atoms with Gasteiger partial charge in [-0.1, -0.05) is 39.2 Å². The number of nitrogens with one attached hydrogen (secondary N) is 2. The minimum atomic E-state index is 0.286. The highest BCUT2D eigenvalue weighted by Crippen LogP contribution is 2.41. The van der Waals surface area contributed by atoms with Crippen molar-refractivity contribution in [3.05, 3.63) is 22.4 Å². The average Bonchev–Trinajstić information content (AvgIpc) is 3.31. The van der Waals surface area contributed by atoms with E-state index in [9.17, 15) is 0 Å². The van der Waals surface area contributed by atoms with Crippen LogP contribution in [0.5, 0.6) is 0 Å². The molecule has 29 heavy (non-hydrogen) atoms. The number of likely N-dealkylation sites (N-methyl/N-ethyl adjacent to an activating group) is 1. The minimum Gasteiger partial charge on any atom is -0.356 e. The number of guanidine groups is 1. The van der Waals surface area contributed by atoms with Gasteiger partial charge in [-0.15, -0.1) is 11.3 Å². The number of nitrogens with zero attached hydrogens (tertiary/aromatic N) is 3. The van der Waals surface area contributed by atoms with Crippen LogP contribution in [0.4, 0.5) is 0 Å². The Morgan fingerprint density at radius 3 is 2.48 bits per heavy atom. The lowest BCUT2D eigenvalue weighted by Gasteiger charge is -2.37. The SMILES string of the molecule is CCN1CCN(CC(C)CNC(=NC)NCC2(c3cccs3)CCCCC2)CC1. The van der Waals surface area contributed by atoms with Gasteiger partial charge in [-0.25, -0.2) is 0 Å². The molecule has 0 spiro atoms. The van der Waals surface area contributed by atoms with Crippen LogP contribution in [0.25, 0.3) is 0 Å². The molecule has 0 aromatic carbocycles. The third kappa shape index (κ3) is 6.43. The standard InChI is InChI=1S/C23H41N5S/c1-4-27-12-14-28(15-13-27)18-20(2)17-25-22(24-3)26-19-23(10-6-5-7-11-23)21-9-8-16-29-21/h8-9,16,20H,4-7,10-15,17-19H2,1-3H3,(H2,24,25,26). The summed E-state index contributed by atoms with van der Waals surface area (Å²) in [6.45, 7) is 13.7. The van der Waals surface area contributed by atoms with Crippen LogP contribution in [0.15, 0.2) is 22.5 Å². The van der Waals surface area contributed by atoms with Crippen LogP contribution >= 0.6 is 11.3 Å². The molecule has 2 fully saturated rings. The quantitative estimate of drug-likeness (QED) is 0.501. The van der Waals surface area contributed by atoms with Crippen LogP contribution in [0, 0.1) is 5.92 Å². The van der Waals surface area contributed by atoms with Crippen LogP contribution in [0.2, 0.25) is 0 Å². The van der Waals surface area contributed by atoms with Gasteiger partial charge < -0.3 is 20.4 Å². The van der Waals surface area contributed by atoms with Gasteiger partial charge in [0.1, 0.15) is 0 Å². The lowest BCUT2D eigenvalue weighted by molar-refractivity contribution is 0.124. The molecule has 2 aliphatic rings. The third-order valence-corrected chi connectivity index (χ3v) is 7.89. The topological polar surface area (TPSA) is 42.9 Å². The molecule has 0 bridgehead atoms. The maximum absolute atomic E-state index is 4.50. The fourth-order valence-corrected chi connectivity index (χ4v) is 5.84. The first-order valence-electron chi connectivity index (χ1n) is 11.6. The van der Waals surface area contributed by atoms with E-state index in [-0.39, 0.29) is 5.41 Å². The average molecular weight is 420 g/mol. The molecule has 1 aliphatic carbocycles. The van der Waals surface area contributed by atoms with E-state index in [0.717, 1.165) is 19.0 Å². The van der Waals surface area contributed by atoms with E-state index in [4.69, 9.17) is 0 Å². The van der Waals surface area contributed by atoms with Gasteiger partial charge in [0.15, 0.2) is 5.96 Å². The second-order valence-electron chi connectivity index (χ2n) is 8.97. The predicted octanol–water partition coefficient (Wildman–Crippen LogP) is 3.39. The molecular weight excluding hydrogens is 378 g/mol. The molecule has 3 rings (SSSR count). The zero-order chi connectivity index (χ0) is 20.5. The van der Waals surface area contributed by atoms with E-state index in [1.54, 1.807) is 4.88 Å². The highest BCUT2D eigenvalue weighted by Gasteiger charge is 2.34. The minimum absolute atomic E-state index is 0.286. The Balaban J connectivity index is 1.44. The van der Waals surface area contributed by atoms with E-state index in [1.165, 1.54) is 71.4 Å². The number of rotatable bonds is 8. The molecule has 0 amide bonds. The zero-order valence-corrected chi connectivity index (χ0v) is 19.6. The predicted molar refractivity (Wildman–Crippen MR) is 126 cm³/mol. The van der Waals surface area contributed by atoms with Crippen molar-refractivity contribution in [2.45, 2.75) is 51.4 Å². The molecule has 1 aromatic heterocycles. The molecule has 6 heteroatoms. The largest absolute Gasteiger partial charge is 0.356 e. The van der Waals surface area contributed by atoms with Gasteiger partial charge in [-0.2, -0.15) is 0 Å². The highest BCUT2D eigenvalue weighted by molar-refractivity contribution is 7.10. The van der Waals surface area contributed by atoms with E-state index in [2.05, 4.69) is 56.8 Å². The van der Waals surface area contributed by atoms with E-state index in [0.29, 0.717) is 5.92 Å².